The number of fused-ring (bicyclic) bond motifs is 2. The Morgan fingerprint density at radius 1 is 1.09 bits per heavy atom. The van der Waals surface area contributed by atoms with Gasteiger partial charge in [0.15, 0.2) is 12.4 Å². The summed E-state index contributed by atoms with van der Waals surface area (Å²) in [7, 11) is 0. The van der Waals surface area contributed by atoms with Crippen LogP contribution in [0.25, 0.3) is 22.2 Å². The van der Waals surface area contributed by atoms with Crippen LogP contribution in [-0.2, 0) is 16.1 Å². The molecule has 0 aromatic carbocycles. The van der Waals surface area contributed by atoms with E-state index in [9.17, 15) is 9.59 Å². The van der Waals surface area contributed by atoms with Crippen LogP contribution in [0, 0.1) is 13.8 Å². The van der Waals surface area contributed by atoms with Crippen molar-refractivity contribution in [3.05, 3.63) is 40.2 Å². The molecule has 170 valence electrons. The molecule has 11 heteroatoms. The molecule has 0 saturated heterocycles. The molecular formula is C22H21N5O6. The molecule has 1 aliphatic rings. The molecule has 2 N–H and O–H groups in total. The van der Waals surface area contributed by atoms with E-state index in [1.807, 2.05) is 0 Å². The average molecular weight is 451 g/mol. The molecule has 1 saturated carbocycles. The van der Waals surface area contributed by atoms with Gasteiger partial charge in [-0.2, -0.15) is 4.98 Å². The number of hydrogen-bond donors (Lipinski definition) is 1. The molecule has 4 heterocycles. The molecule has 0 bridgehead atoms. The zero-order valence-electron chi connectivity index (χ0n) is 18.3. The standard InChI is InChI=1S/C22H21N5O6/c1-4-30-22(29)16-10(3)32-19-17(16)18(23)25-14(26-19)8-31-21(28)12-7-13(11-5-6-11)24-20-15(12)9(2)27-33-20/h7,11H,4-6,8H2,1-3H3,(H2,23,25,26). The lowest BCUT2D eigenvalue weighted by Gasteiger charge is -2.07. The second-order valence-corrected chi connectivity index (χ2v) is 7.85. The quantitative estimate of drug-likeness (QED) is 0.429. The van der Waals surface area contributed by atoms with Crippen molar-refractivity contribution in [2.45, 2.75) is 46.1 Å². The fourth-order valence-corrected chi connectivity index (χ4v) is 3.77. The lowest BCUT2D eigenvalue weighted by Crippen LogP contribution is -2.11. The van der Waals surface area contributed by atoms with Gasteiger partial charge in [-0.25, -0.2) is 19.6 Å². The van der Waals surface area contributed by atoms with E-state index in [1.165, 1.54) is 0 Å². The molecule has 11 nitrogen and oxygen atoms in total. The first-order chi connectivity index (χ1) is 15.9. The third-order valence-corrected chi connectivity index (χ3v) is 5.47. The van der Waals surface area contributed by atoms with Crippen LogP contribution >= 0.6 is 0 Å². The summed E-state index contributed by atoms with van der Waals surface area (Å²) in [5.41, 5.74) is 8.34. The number of nitrogens with zero attached hydrogens (tertiary/aromatic N) is 4. The SMILES string of the molecule is CCOC(=O)c1c(C)oc2nc(COC(=O)c3cc(C4CC4)nc4onc(C)c34)nc(N)c12. The maximum atomic E-state index is 13.0. The first-order valence-electron chi connectivity index (χ1n) is 10.5. The van der Waals surface area contributed by atoms with Crippen LogP contribution in [0.2, 0.25) is 0 Å². The predicted octanol–water partition coefficient (Wildman–Crippen LogP) is 3.37. The summed E-state index contributed by atoms with van der Waals surface area (Å²) in [4.78, 5) is 38.1. The molecule has 4 aromatic rings. The largest absolute Gasteiger partial charge is 0.462 e. The van der Waals surface area contributed by atoms with E-state index < -0.39 is 11.9 Å². The van der Waals surface area contributed by atoms with Gasteiger partial charge in [-0.05, 0) is 39.7 Å². The van der Waals surface area contributed by atoms with Crippen molar-refractivity contribution in [1.29, 1.82) is 0 Å². The Labute approximate surface area is 187 Å². The van der Waals surface area contributed by atoms with Gasteiger partial charge >= 0.3 is 11.9 Å². The number of pyridine rings is 1. The Balaban J connectivity index is 1.43. The van der Waals surface area contributed by atoms with Crippen molar-refractivity contribution in [2.75, 3.05) is 12.3 Å². The zero-order valence-corrected chi connectivity index (χ0v) is 18.3. The summed E-state index contributed by atoms with van der Waals surface area (Å²) < 4.78 is 21.4. The number of furan rings is 1. The van der Waals surface area contributed by atoms with Crippen LogP contribution in [0.5, 0.6) is 0 Å². The molecule has 33 heavy (non-hydrogen) atoms. The van der Waals surface area contributed by atoms with Gasteiger partial charge in [0.1, 0.15) is 17.1 Å². The van der Waals surface area contributed by atoms with E-state index in [2.05, 4.69) is 20.1 Å². The fraction of sp³-hybridized carbons (Fsp3) is 0.364. The first-order valence-corrected chi connectivity index (χ1v) is 10.5. The maximum Gasteiger partial charge on any atom is 0.342 e. The number of carbonyl (C=O) groups is 2. The molecule has 0 atom stereocenters. The van der Waals surface area contributed by atoms with Crippen molar-refractivity contribution in [1.82, 2.24) is 20.1 Å². The summed E-state index contributed by atoms with van der Waals surface area (Å²) in [6.45, 7) is 5.00. The zero-order chi connectivity index (χ0) is 23.3. The Kier molecular flexibility index (Phi) is 4.95. The number of nitrogens with two attached hydrogens (primary N) is 1. The Hall–Kier alpha value is -4.02. The van der Waals surface area contributed by atoms with Crippen LogP contribution in [0.1, 0.15) is 69.4 Å². The van der Waals surface area contributed by atoms with Gasteiger partial charge in [0.05, 0.1) is 28.6 Å². The molecule has 0 aliphatic heterocycles. The highest BCUT2D eigenvalue weighted by molar-refractivity contribution is 6.07. The van der Waals surface area contributed by atoms with Gasteiger partial charge in [0.25, 0.3) is 5.71 Å². The fourth-order valence-electron chi connectivity index (χ4n) is 3.77. The third-order valence-electron chi connectivity index (χ3n) is 5.47. The van der Waals surface area contributed by atoms with Crippen molar-refractivity contribution in [2.24, 2.45) is 0 Å². The maximum absolute atomic E-state index is 13.0. The van der Waals surface area contributed by atoms with Gasteiger partial charge < -0.3 is 24.1 Å². The van der Waals surface area contributed by atoms with Crippen LogP contribution in [0.15, 0.2) is 15.0 Å². The third kappa shape index (κ3) is 3.65. The molecule has 5 rings (SSSR count). The van der Waals surface area contributed by atoms with E-state index in [0.717, 1.165) is 18.5 Å². The summed E-state index contributed by atoms with van der Waals surface area (Å²) in [6.07, 6.45) is 2.03. The molecule has 4 aromatic heterocycles. The van der Waals surface area contributed by atoms with Crippen molar-refractivity contribution in [3.8, 4) is 0 Å². The number of aryl methyl sites for hydroxylation is 2. The average Bonchev–Trinajstić information content (AvgIpc) is 3.49. The number of hydrogen-bond acceptors (Lipinski definition) is 11. The minimum atomic E-state index is -0.583. The van der Waals surface area contributed by atoms with Crippen molar-refractivity contribution < 1.29 is 28.0 Å². The number of nitrogen functional groups attached to an aromatic ring is 1. The lowest BCUT2D eigenvalue weighted by atomic mass is 10.1. The second kappa shape index (κ2) is 7.84. The first kappa shape index (κ1) is 20.9. The lowest BCUT2D eigenvalue weighted by molar-refractivity contribution is 0.0463. The topological polar surface area (TPSA) is 156 Å². The Morgan fingerprint density at radius 3 is 2.61 bits per heavy atom. The van der Waals surface area contributed by atoms with E-state index in [0.29, 0.717) is 34.0 Å². The Bertz CT molecular complexity index is 1420. The van der Waals surface area contributed by atoms with Gasteiger partial charge in [-0.3, -0.25) is 0 Å². The number of rotatable bonds is 6. The van der Waals surface area contributed by atoms with E-state index in [1.54, 1.807) is 26.8 Å². The number of anilines is 1. The normalized spacial score (nSPS) is 13.5. The van der Waals surface area contributed by atoms with Gasteiger partial charge in [0.2, 0.25) is 5.71 Å². The van der Waals surface area contributed by atoms with Crippen LogP contribution in [-0.4, -0.2) is 38.7 Å². The smallest absolute Gasteiger partial charge is 0.342 e. The van der Waals surface area contributed by atoms with Crippen LogP contribution in [0.4, 0.5) is 5.82 Å². The van der Waals surface area contributed by atoms with E-state index in [4.69, 9.17) is 24.1 Å². The summed E-state index contributed by atoms with van der Waals surface area (Å²) in [6, 6.07) is 1.73. The predicted molar refractivity (Wildman–Crippen MR) is 115 cm³/mol. The van der Waals surface area contributed by atoms with Gasteiger partial charge in [-0.1, -0.05) is 5.16 Å². The molecule has 1 aliphatic carbocycles. The highest BCUT2D eigenvalue weighted by Crippen LogP contribution is 2.40. The summed E-state index contributed by atoms with van der Waals surface area (Å²) in [5.74, 6) is -0.363. The van der Waals surface area contributed by atoms with Crippen LogP contribution < -0.4 is 5.73 Å². The molecule has 0 radical (unpaired) electrons. The second-order valence-electron chi connectivity index (χ2n) is 7.85. The monoisotopic (exact) mass is 451 g/mol. The number of aromatic nitrogens is 4. The molecule has 1 fully saturated rings. The molecular weight excluding hydrogens is 430 g/mol. The van der Waals surface area contributed by atoms with Gasteiger partial charge in [-0.15, -0.1) is 0 Å². The van der Waals surface area contributed by atoms with Crippen molar-refractivity contribution >= 4 is 40.0 Å². The minimum absolute atomic E-state index is 0.0307. The molecule has 0 spiro atoms. The van der Waals surface area contributed by atoms with E-state index in [-0.39, 0.29) is 41.5 Å². The summed E-state index contributed by atoms with van der Waals surface area (Å²) in [5, 5.41) is 4.71. The highest BCUT2D eigenvalue weighted by Gasteiger charge is 2.29. The van der Waals surface area contributed by atoms with Crippen molar-refractivity contribution in [3.63, 3.8) is 0 Å². The molecule has 0 unspecified atom stereocenters. The number of ether oxygens (including phenoxy) is 2. The van der Waals surface area contributed by atoms with E-state index >= 15 is 0 Å². The number of esters is 2. The highest BCUT2D eigenvalue weighted by atomic mass is 16.5. The van der Waals surface area contributed by atoms with Gasteiger partial charge in [0, 0.05) is 11.6 Å². The minimum Gasteiger partial charge on any atom is -0.462 e. The summed E-state index contributed by atoms with van der Waals surface area (Å²) >= 11 is 0. The van der Waals surface area contributed by atoms with Crippen LogP contribution in [0.3, 0.4) is 0 Å². The Morgan fingerprint density at radius 2 is 1.88 bits per heavy atom. The molecule has 0 amide bonds. The number of carbonyl (C=O) groups excluding carboxylic acids is 2.